The molecule has 6 nitrogen and oxygen atoms in total. The third-order valence-corrected chi connectivity index (χ3v) is 4.91. The van der Waals surface area contributed by atoms with Crippen molar-refractivity contribution in [1.82, 2.24) is 5.43 Å². The van der Waals surface area contributed by atoms with Gasteiger partial charge in [-0.3, -0.25) is 4.79 Å². The van der Waals surface area contributed by atoms with Gasteiger partial charge in [0.1, 0.15) is 23.9 Å². The van der Waals surface area contributed by atoms with Crippen LogP contribution >= 0.6 is 27.5 Å². The molecule has 0 radical (unpaired) electrons. The van der Waals surface area contributed by atoms with Crippen LogP contribution in [-0.4, -0.2) is 24.3 Å². The highest BCUT2D eigenvalue weighted by Crippen LogP contribution is 2.26. The molecule has 0 fully saturated rings. The molecule has 2 N–H and O–H groups in total. The van der Waals surface area contributed by atoms with Crippen LogP contribution in [0.3, 0.4) is 0 Å². The van der Waals surface area contributed by atoms with E-state index in [2.05, 4.69) is 26.5 Å². The second kappa shape index (κ2) is 10.1. The summed E-state index contributed by atoms with van der Waals surface area (Å²) in [6.07, 6.45) is 1.49. The van der Waals surface area contributed by atoms with Crippen molar-refractivity contribution in [1.29, 1.82) is 0 Å². The molecule has 3 rings (SSSR count). The minimum absolute atomic E-state index is 0.116. The topological polar surface area (TPSA) is 80.2 Å². The van der Waals surface area contributed by atoms with Crippen molar-refractivity contribution < 1.29 is 19.4 Å². The fourth-order valence-corrected chi connectivity index (χ4v) is 3.18. The standard InChI is InChI=1S/C22H18BrClN2O4/c1-29-20-9-6-14(10-15(20)13-30-21-5-3-2-4-18(21)24)12-25-26-22(28)17-11-16(23)7-8-19(17)27/h2-12,27H,13H2,1H3,(H,26,28). The number of ether oxygens (including phenoxy) is 2. The number of para-hydroxylation sites is 1. The predicted octanol–water partition coefficient (Wildman–Crippen LogP) is 5.16. The molecule has 8 heteroatoms. The molecule has 1 amide bonds. The SMILES string of the molecule is COc1ccc(C=NNC(=O)c2cc(Br)ccc2O)cc1COc1ccccc1Cl. The molecule has 0 unspecified atom stereocenters. The Kier molecular flexibility index (Phi) is 7.32. The predicted molar refractivity (Wildman–Crippen MR) is 120 cm³/mol. The van der Waals surface area contributed by atoms with Crippen LogP contribution in [-0.2, 0) is 6.61 Å². The molecule has 3 aromatic carbocycles. The number of nitrogens with one attached hydrogen (secondary N) is 1. The number of hydrogen-bond donors (Lipinski definition) is 2. The van der Waals surface area contributed by atoms with Crippen molar-refractivity contribution in [3.05, 3.63) is 86.8 Å². The Morgan fingerprint density at radius 3 is 2.73 bits per heavy atom. The summed E-state index contributed by atoms with van der Waals surface area (Å²) in [5.41, 5.74) is 4.03. The zero-order valence-corrected chi connectivity index (χ0v) is 18.3. The zero-order chi connectivity index (χ0) is 21.5. The van der Waals surface area contributed by atoms with E-state index >= 15 is 0 Å². The van der Waals surface area contributed by atoms with Gasteiger partial charge < -0.3 is 14.6 Å². The van der Waals surface area contributed by atoms with E-state index < -0.39 is 5.91 Å². The van der Waals surface area contributed by atoms with Crippen LogP contribution in [0.2, 0.25) is 5.02 Å². The van der Waals surface area contributed by atoms with Gasteiger partial charge >= 0.3 is 0 Å². The summed E-state index contributed by atoms with van der Waals surface area (Å²) in [6, 6.07) is 17.2. The van der Waals surface area contributed by atoms with Gasteiger partial charge in [0.05, 0.1) is 23.9 Å². The number of phenolic OH excluding ortho intramolecular Hbond substituents is 1. The van der Waals surface area contributed by atoms with Gasteiger partial charge in [0, 0.05) is 10.0 Å². The fourth-order valence-electron chi connectivity index (χ4n) is 2.62. The summed E-state index contributed by atoms with van der Waals surface area (Å²) in [7, 11) is 1.58. The molecular formula is C22H18BrClN2O4. The zero-order valence-electron chi connectivity index (χ0n) is 15.9. The quantitative estimate of drug-likeness (QED) is 0.355. The fraction of sp³-hybridized carbons (Fsp3) is 0.0909. The van der Waals surface area contributed by atoms with Crippen molar-refractivity contribution in [2.24, 2.45) is 5.10 Å². The number of nitrogens with zero attached hydrogens (tertiary/aromatic N) is 1. The lowest BCUT2D eigenvalue weighted by atomic mass is 10.1. The van der Waals surface area contributed by atoms with Crippen molar-refractivity contribution in [2.75, 3.05) is 7.11 Å². The second-order valence-corrected chi connectivity index (χ2v) is 7.47. The highest BCUT2D eigenvalue weighted by molar-refractivity contribution is 9.10. The molecule has 0 aromatic heterocycles. The summed E-state index contributed by atoms with van der Waals surface area (Å²) in [5.74, 6) is 0.568. The Morgan fingerprint density at radius 2 is 1.97 bits per heavy atom. The molecule has 0 saturated heterocycles. The number of amides is 1. The third kappa shape index (κ3) is 5.52. The van der Waals surface area contributed by atoms with E-state index in [0.29, 0.717) is 21.0 Å². The normalized spacial score (nSPS) is 10.8. The van der Waals surface area contributed by atoms with Crippen molar-refractivity contribution >= 4 is 39.7 Å². The van der Waals surface area contributed by atoms with Crippen LogP contribution in [0.15, 0.2) is 70.2 Å². The van der Waals surface area contributed by atoms with E-state index in [1.807, 2.05) is 18.2 Å². The van der Waals surface area contributed by atoms with E-state index in [0.717, 1.165) is 11.1 Å². The molecule has 0 heterocycles. The summed E-state index contributed by atoms with van der Waals surface area (Å²) in [4.78, 5) is 12.2. The minimum Gasteiger partial charge on any atom is -0.507 e. The van der Waals surface area contributed by atoms with Gasteiger partial charge in [0.15, 0.2) is 0 Å². The average molecular weight is 490 g/mol. The smallest absolute Gasteiger partial charge is 0.275 e. The molecule has 0 aliphatic heterocycles. The second-order valence-electron chi connectivity index (χ2n) is 6.15. The number of benzene rings is 3. The van der Waals surface area contributed by atoms with Crippen LogP contribution in [0.4, 0.5) is 0 Å². The number of aromatic hydroxyl groups is 1. The molecule has 154 valence electrons. The lowest BCUT2D eigenvalue weighted by Crippen LogP contribution is -2.17. The van der Waals surface area contributed by atoms with Crippen LogP contribution in [0.25, 0.3) is 0 Å². The first-order valence-electron chi connectivity index (χ1n) is 8.84. The van der Waals surface area contributed by atoms with Gasteiger partial charge in [-0.15, -0.1) is 0 Å². The molecule has 30 heavy (non-hydrogen) atoms. The molecule has 0 bridgehead atoms. The number of hydrazone groups is 1. The van der Waals surface area contributed by atoms with Gasteiger partial charge in [-0.05, 0) is 54.1 Å². The highest BCUT2D eigenvalue weighted by atomic mass is 79.9. The minimum atomic E-state index is -0.527. The van der Waals surface area contributed by atoms with Gasteiger partial charge in [-0.1, -0.05) is 39.7 Å². The highest BCUT2D eigenvalue weighted by Gasteiger charge is 2.11. The molecular weight excluding hydrogens is 472 g/mol. The van der Waals surface area contributed by atoms with Crippen LogP contribution in [0.5, 0.6) is 17.2 Å². The first kappa shape index (κ1) is 21.7. The van der Waals surface area contributed by atoms with E-state index in [9.17, 15) is 9.90 Å². The number of carbonyl (C=O) groups is 1. The van der Waals surface area contributed by atoms with Crippen molar-refractivity contribution in [3.63, 3.8) is 0 Å². The number of carbonyl (C=O) groups excluding carboxylic acids is 1. The Morgan fingerprint density at radius 1 is 1.17 bits per heavy atom. The molecule has 3 aromatic rings. The Labute approximate surface area is 187 Å². The number of methoxy groups -OCH3 is 1. The van der Waals surface area contributed by atoms with Gasteiger partial charge in [-0.25, -0.2) is 5.43 Å². The van der Waals surface area contributed by atoms with Crippen LogP contribution in [0, 0.1) is 0 Å². The number of halogens is 2. The first-order valence-corrected chi connectivity index (χ1v) is 10.0. The Bertz CT molecular complexity index is 1090. The maximum atomic E-state index is 12.2. The summed E-state index contributed by atoms with van der Waals surface area (Å²) >= 11 is 9.39. The van der Waals surface area contributed by atoms with Crippen molar-refractivity contribution in [3.8, 4) is 17.2 Å². The largest absolute Gasteiger partial charge is 0.507 e. The molecule has 0 aliphatic carbocycles. The lowest BCUT2D eigenvalue weighted by molar-refractivity contribution is 0.0952. The maximum absolute atomic E-state index is 12.2. The molecule has 0 saturated carbocycles. The summed E-state index contributed by atoms with van der Waals surface area (Å²) in [5, 5.41) is 14.3. The van der Waals surface area contributed by atoms with E-state index in [-0.39, 0.29) is 17.9 Å². The maximum Gasteiger partial charge on any atom is 0.275 e. The van der Waals surface area contributed by atoms with Gasteiger partial charge in [0.2, 0.25) is 0 Å². The molecule has 0 spiro atoms. The van der Waals surface area contributed by atoms with Crippen molar-refractivity contribution in [2.45, 2.75) is 6.61 Å². The third-order valence-electron chi connectivity index (χ3n) is 4.11. The van der Waals surface area contributed by atoms with Crippen LogP contribution in [0.1, 0.15) is 21.5 Å². The Hall–Kier alpha value is -3.03. The monoisotopic (exact) mass is 488 g/mol. The summed E-state index contributed by atoms with van der Waals surface area (Å²) in [6.45, 7) is 0.243. The molecule has 0 atom stereocenters. The summed E-state index contributed by atoms with van der Waals surface area (Å²) < 4.78 is 11.8. The number of rotatable bonds is 7. The lowest BCUT2D eigenvalue weighted by Gasteiger charge is -2.12. The molecule has 0 aliphatic rings. The van der Waals surface area contributed by atoms with E-state index in [1.54, 1.807) is 37.4 Å². The average Bonchev–Trinajstić information content (AvgIpc) is 2.75. The number of phenols is 1. The van der Waals surface area contributed by atoms with Gasteiger partial charge in [0.25, 0.3) is 5.91 Å². The first-order chi connectivity index (χ1) is 14.5. The Balaban J connectivity index is 1.70. The van der Waals surface area contributed by atoms with E-state index in [4.69, 9.17) is 21.1 Å². The number of hydrogen-bond acceptors (Lipinski definition) is 5. The van der Waals surface area contributed by atoms with E-state index in [1.165, 1.54) is 18.3 Å². The van der Waals surface area contributed by atoms with Crippen LogP contribution < -0.4 is 14.9 Å². The van der Waals surface area contributed by atoms with Gasteiger partial charge in [-0.2, -0.15) is 5.10 Å².